The third-order valence-corrected chi connectivity index (χ3v) is 5.41. The van der Waals surface area contributed by atoms with E-state index in [9.17, 15) is 4.79 Å². The average molecular weight is 360 g/mol. The third kappa shape index (κ3) is 2.75. The van der Waals surface area contributed by atoms with Crippen molar-refractivity contribution in [1.82, 2.24) is 25.2 Å². The van der Waals surface area contributed by atoms with Gasteiger partial charge in [-0.1, -0.05) is 24.3 Å². The largest absolute Gasteiger partial charge is 0.368 e. The zero-order chi connectivity index (χ0) is 18.4. The second kappa shape index (κ2) is 6.19. The molecule has 1 aromatic carbocycles. The molecule has 0 atom stereocenters. The van der Waals surface area contributed by atoms with Crippen LogP contribution in [0.5, 0.6) is 0 Å². The van der Waals surface area contributed by atoms with Crippen LogP contribution in [0.2, 0.25) is 0 Å². The van der Waals surface area contributed by atoms with Gasteiger partial charge in [-0.2, -0.15) is 0 Å². The van der Waals surface area contributed by atoms with Gasteiger partial charge in [-0.05, 0) is 25.3 Å². The van der Waals surface area contributed by atoms with E-state index in [0.29, 0.717) is 19.1 Å². The van der Waals surface area contributed by atoms with Gasteiger partial charge in [-0.3, -0.25) is 4.98 Å². The lowest BCUT2D eigenvalue weighted by Crippen LogP contribution is -2.45. The first-order chi connectivity index (χ1) is 13.2. The van der Waals surface area contributed by atoms with Crippen LogP contribution in [0.1, 0.15) is 30.5 Å². The Morgan fingerprint density at radius 3 is 2.81 bits per heavy atom. The van der Waals surface area contributed by atoms with Gasteiger partial charge in [0.15, 0.2) is 0 Å². The van der Waals surface area contributed by atoms with E-state index in [2.05, 4.69) is 20.3 Å². The molecule has 0 spiro atoms. The predicted octanol–water partition coefficient (Wildman–Crippen LogP) is 2.85. The molecule has 7 nitrogen and oxygen atoms in total. The zero-order valence-corrected chi connectivity index (χ0v) is 14.9. The third-order valence-electron chi connectivity index (χ3n) is 5.41. The molecule has 27 heavy (non-hydrogen) atoms. The monoisotopic (exact) mass is 360 g/mol. The zero-order valence-electron chi connectivity index (χ0n) is 14.9. The lowest BCUT2D eigenvalue weighted by atomic mass is 9.93. The van der Waals surface area contributed by atoms with Crippen LogP contribution in [0, 0.1) is 0 Å². The first-order valence-electron chi connectivity index (χ1n) is 9.24. The number of benzene rings is 1. The summed E-state index contributed by atoms with van der Waals surface area (Å²) in [6.07, 6.45) is 5.08. The van der Waals surface area contributed by atoms with Crippen molar-refractivity contribution in [2.24, 2.45) is 0 Å². The molecule has 5 rings (SSSR count). The maximum Gasteiger partial charge on any atom is 0.318 e. The van der Waals surface area contributed by atoms with Crippen molar-refractivity contribution in [3.8, 4) is 11.3 Å². The number of anilines is 1. The smallest absolute Gasteiger partial charge is 0.318 e. The maximum absolute atomic E-state index is 12.6. The number of nitrogens with two attached hydrogens (primary N) is 1. The first kappa shape index (κ1) is 16.0. The fourth-order valence-corrected chi connectivity index (χ4v) is 3.75. The number of carbonyl (C=O) groups excluding carboxylic acids is 1. The molecule has 2 aliphatic rings. The Hall–Kier alpha value is -3.22. The number of pyridine rings is 1. The van der Waals surface area contributed by atoms with Crippen LogP contribution >= 0.6 is 0 Å². The first-order valence-corrected chi connectivity index (χ1v) is 9.24. The summed E-state index contributed by atoms with van der Waals surface area (Å²) in [6.45, 7) is 0.929. The molecule has 0 bridgehead atoms. The predicted molar refractivity (Wildman–Crippen MR) is 103 cm³/mol. The van der Waals surface area contributed by atoms with E-state index in [1.54, 1.807) is 11.1 Å². The van der Waals surface area contributed by atoms with Gasteiger partial charge in [0.05, 0.1) is 30.0 Å². The fourth-order valence-electron chi connectivity index (χ4n) is 3.75. The van der Waals surface area contributed by atoms with Crippen LogP contribution in [-0.2, 0) is 13.1 Å². The molecule has 1 saturated carbocycles. The lowest BCUT2D eigenvalue weighted by Gasteiger charge is -2.28. The number of amides is 2. The topological polar surface area (TPSA) is 97.0 Å². The van der Waals surface area contributed by atoms with Crippen LogP contribution in [0.3, 0.4) is 0 Å². The van der Waals surface area contributed by atoms with Crippen molar-refractivity contribution in [3.63, 3.8) is 0 Å². The molecule has 1 fully saturated rings. The molecular weight excluding hydrogens is 340 g/mol. The quantitative estimate of drug-likeness (QED) is 0.732. The van der Waals surface area contributed by atoms with Gasteiger partial charge < -0.3 is 16.0 Å². The molecule has 2 aromatic heterocycles. The Balaban J connectivity index is 1.54. The van der Waals surface area contributed by atoms with Crippen LogP contribution in [-0.4, -0.2) is 31.9 Å². The molecule has 0 unspecified atom stereocenters. The molecule has 136 valence electrons. The van der Waals surface area contributed by atoms with Crippen molar-refractivity contribution in [1.29, 1.82) is 0 Å². The summed E-state index contributed by atoms with van der Waals surface area (Å²) in [5.41, 5.74) is 10.3. The summed E-state index contributed by atoms with van der Waals surface area (Å²) in [5, 5.41) is 4.13. The Kier molecular flexibility index (Phi) is 3.67. The Morgan fingerprint density at radius 2 is 2.00 bits per heavy atom. The van der Waals surface area contributed by atoms with Gasteiger partial charge in [0.25, 0.3) is 0 Å². The highest BCUT2D eigenvalue weighted by Gasteiger charge is 2.31. The standard InChI is InChI=1S/C20H20N6O/c21-19-24-16-11-26(20(27)23-13-6-2-7-13)10-15(16)18(25-19)14-8-1-4-12-5-3-9-22-17(12)14/h1,3-5,8-9,13H,2,6-7,10-11H2,(H,23,27)(H2,21,24,25). The minimum atomic E-state index is -0.0433. The molecule has 3 heterocycles. The van der Waals surface area contributed by atoms with Crippen LogP contribution in [0.4, 0.5) is 10.7 Å². The van der Waals surface area contributed by atoms with Gasteiger partial charge in [0, 0.05) is 28.8 Å². The van der Waals surface area contributed by atoms with Crippen LogP contribution in [0.25, 0.3) is 22.2 Å². The Bertz CT molecular complexity index is 1040. The Labute approximate surface area is 156 Å². The van der Waals surface area contributed by atoms with E-state index in [-0.39, 0.29) is 12.0 Å². The van der Waals surface area contributed by atoms with Gasteiger partial charge in [-0.15, -0.1) is 0 Å². The van der Waals surface area contributed by atoms with Crippen LogP contribution < -0.4 is 11.1 Å². The molecule has 0 saturated heterocycles. The summed E-state index contributed by atoms with van der Waals surface area (Å²) in [4.78, 5) is 27.8. The van der Waals surface area contributed by atoms with Crippen LogP contribution in [0.15, 0.2) is 36.5 Å². The summed E-state index contributed by atoms with van der Waals surface area (Å²) in [7, 11) is 0. The second-order valence-corrected chi connectivity index (χ2v) is 7.17. The number of fused-ring (bicyclic) bond motifs is 2. The normalized spacial score (nSPS) is 16.2. The number of nitrogens with zero attached hydrogens (tertiary/aromatic N) is 4. The van der Waals surface area contributed by atoms with Gasteiger partial charge in [0.2, 0.25) is 5.95 Å². The van der Waals surface area contributed by atoms with E-state index in [1.165, 1.54) is 6.42 Å². The van der Waals surface area contributed by atoms with Gasteiger partial charge in [0.1, 0.15) is 0 Å². The SMILES string of the molecule is Nc1nc2c(c(-c3cccc4cccnc34)n1)CN(C(=O)NC1CCC1)C2. The number of hydrogen-bond donors (Lipinski definition) is 2. The minimum Gasteiger partial charge on any atom is -0.368 e. The highest BCUT2D eigenvalue weighted by atomic mass is 16.2. The minimum absolute atomic E-state index is 0.0433. The molecule has 3 N–H and O–H groups in total. The highest BCUT2D eigenvalue weighted by Crippen LogP contribution is 2.34. The maximum atomic E-state index is 12.6. The van der Waals surface area contributed by atoms with Crippen molar-refractivity contribution in [2.45, 2.75) is 38.4 Å². The fraction of sp³-hybridized carbons (Fsp3) is 0.300. The molecule has 0 radical (unpaired) electrons. The number of para-hydroxylation sites is 1. The van der Waals surface area contributed by atoms with Gasteiger partial charge in [-0.25, -0.2) is 14.8 Å². The molecule has 1 aliphatic heterocycles. The number of hydrogen-bond acceptors (Lipinski definition) is 5. The molecule has 3 aromatic rings. The number of nitrogen functional groups attached to an aromatic ring is 1. The van der Waals surface area contributed by atoms with Crippen molar-refractivity contribution >= 4 is 22.9 Å². The molecule has 1 aliphatic carbocycles. The van der Waals surface area contributed by atoms with E-state index in [0.717, 1.165) is 46.3 Å². The van der Waals surface area contributed by atoms with E-state index < -0.39 is 0 Å². The molecular formula is C20H20N6O. The van der Waals surface area contributed by atoms with Gasteiger partial charge >= 0.3 is 6.03 Å². The lowest BCUT2D eigenvalue weighted by molar-refractivity contribution is 0.186. The number of carbonyl (C=O) groups is 1. The van der Waals surface area contributed by atoms with Crippen molar-refractivity contribution in [2.75, 3.05) is 5.73 Å². The summed E-state index contributed by atoms with van der Waals surface area (Å²) in [5.74, 6) is 0.220. The summed E-state index contributed by atoms with van der Waals surface area (Å²) >= 11 is 0. The van der Waals surface area contributed by atoms with Crippen molar-refractivity contribution < 1.29 is 4.79 Å². The van der Waals surface area contributed by atoms with E-state index in [1.807, 2.05) is 30.3 Å². The van der Waals surface area contributed by atoms with E-state index in [4.69, 9.17) is 5.73 Å². The number of aromatic nitrogens is 3. The number of nitrogens with one attached hydrogen (secondary N) is 1. The number of rotatable bonds is 2. The number of urea groups is 1. The molecule has 7 heteroatoms. The second-order valence-electron chi connectivity index (χ2n) is 7.17. The molecule has 2 amide bonds. The van der Waals surface area contributed by atoms with E-state index >= 15 is 0 Å². The summed E-state index contributed by atoms with van der Waals surface area (Å²) < 4.78 is 0. The highest BCUT2D eigenvalue weighted by molar-refractivity contribution is 5.93. The average Bonchev–Trinajstić information content (AvgIpc) is 3.07. The Morgan fingerprint density at radius 1 is 1.15 bits per heavy atom. The summed E-state index contributed by atoms with van der Waals surface area (Å²) in [6, 6.07) is 10.2. The van der Waals surface area contributed by atoms with Crippen molar-refractivity contribution in [3.05, 3.63) is 47.8 Å².